The fourth-order valence-electron chi connectivity index (χ4n) is 4.34. The number of oxime groups is 1. The van der Waals surface area contributed by atoms with E-state index in [1.807, 2.05) is 0 Å². The van der Waals surface area contributed by atoms with Crippen LogP contribution in [0.4, 0.5) is 10.1 Å². The van der Waals surface area contributed by atoms with E-state index in [0.717, 1.165) is 69.7 Å². The molecule has 0 aliphatic carbocycles. The minimum absolute atomic E-state index is 0.226. The van der Waals surface area contributed by atoms with Crippen LogP contribution in [0.2, 0.25) is 0 Å². The van der Waals surface area contributed by atoms with Crippen molar-refractivity contribution in [2.75, 3.05) is 44.2 Å². The highest BCUT2D eigenvalue weighted by atomic mass is 19.1. The average molecular weight is 422 g/mol. The molecule has 2 heterocycles. The SMILES string of the molecule is C/C1=C(/CN2CCN(c3ccccc3)CC2)CCCO/N=C(/c2ccc(F)cc2)CC1. The molecule has 0 bridgehead atoms. The van der Waals surface area contributed by atoms with Gasteiger partial charge >= 0.3 is 0 Å². The number of hydrogen-bond donors (Lipinski definition) is 0. The summed E-state index contributed by atoms with van der Waals surface area (Å²) in [6.45, 7) is 8.23. The van der Waals surface area contributed by atoms with E-state index < -0.39 is 0 Å². The zero-order chi connectivity index (χ0) is 21.5. The lowest BCUT2D eigenvalue weighted by atomic mass is 9.96. The van der Waals surface area contributed by atoms with Crippen molar-refractivity contribution < 1.29 is 9.23 Å². The van der Waals surface area contributed by atoms with Gasteiger partial charge in [0.2, 0.25) is 0 Å². The second-order valence-corrected chi connectivity index (χ2v) is 8.46. The number of allylic oxidation sites excluding steroid dienone is 1. The molecule has 2 aliphatic rings. The molecule has 0 N–H and O–H groups in total. The Morgan fingerprint density at radius 1 is 0.903 bits per heavy atom. The maximum atomic E-state index is 13.3. The molecule has 0 unspecified atom stereocenters. The Bertz CT molecular complexity index is 900. The lowest BCUT2D eigenvalue weighted by molar-refractivity contribution is 0.140. The first-order valence-electron chi connectivity index (χ1n) is 11.3. The third-order valence-electron chi connectivity index (χ3n) is 6.31. The van der Waals surface area contributed by atoms with Crippen LogP contribution in [0.3, 0.4) is 0 Å². The molecule has 2 aromatic carbocycles. The van der Waals surface area contributed by atoms with Crippen LogP contribution in [0, 0.1) is 5.82 Å². The van der Waals surface area contributed by atoms with Gasteiger partial charge < -0.3 is 9.74 Å². The molecule has 2 aliphatic heterocycles. The number of halogens is 1. The second kappa shape index (κ2) is 10.6. The van der Waals surface area contributed by atoms with Crippen LogP contribution < -0.4 is 4.90 Å². The summed E-state index contributed by atoms with van der Waals surface area (Å²) in [5, 5.41) is 4.35. The van der Waals surface area contributed by atoms with Crippen molar-refractivity contribution >= 4 is 11.4 Å². The van der Waals surface area contributed by atoms with Gasteiger partial charge in [0.05, 0.1) is 5.71 Å². The molecular formula is C26H32FN3O. The van der Waals surface area contributed by atoms with Crippen LogP contribution in [0.15, 0.2) is 70.9 Å². The zero-order valence-electron chi connectivity index (χ0n) is 18.4. The van der Waals surface area contributed by atoms with Crippen molar-refractivity contribution in [1.82, 2.24) is 4.90 Å². The summed E-state index contributed by atoms with van der Waals surface area (Å²) >= 11 is 0. The van der Waals surface area contributed by atoms with Crippen molar-refractivity contribution in [2.24, 2.45) is 5.16 Å². The molecule has 0 amide bonds. The summed E-state index contributed by atoms with van der Waals surface area (Å²) in [7, 11) is 0. The standard InChI is InChI=1S/C26H32FN3O/c1-21-9-14-26(22-10-12-24(27)13-11-22)28-31-19-5-6-23(21)20-29-15-17-30(18-16-29)25-7-3-2-4-8-25/h2-4,7-8,10-13H,5-6,9,14-20H2,1H3/b23-21-,28-26+. The van der Waals surface area contributed by atoms with Gasteiger partial charge in [-0.25, -0.2) is 4.39 Å². The summed E-state index contributed by atoms with van der Waals surface area (Å²) in [6.07, 6.45) is 3.80. The van der Waals surface area contributed by atoms with Gasteiger partial charge in [0.25, 0.3) is 0 Å². The molecule has 4 nitrogen and oxygen atoms in total. The first-order chi connectivity index (χ1) is 15.2. The van der Waals surface area contributed by atoms with Crippen molar-refractivity contribution in [3.05, 3.63) is 77.1 Å². The predicted octanol–water partition coefficient (Wildman–Crippen LogP) is 5.26. The third-order valence-corrected chi connectivity index (χ3v) is 6.31. The van der Waals surface area contributed by atoms with E-state index in [0.29, 0.717) is 6.61 Å². The van der Waals surface area contributed by atoms with Gasteiger partial charge in [-0.3, -0.25) is 4.90 Å². The lowest BCUT2D eigenvalue weighted by Gasteiger charge is -2.37. The first-order valence-corrected chi connectivity index (χ1v) is 11.3. The Balaban J connectivity index is 1.37. The van der Waals surface area contributed by atoms with Crippen LogP contribution in [0.5, 0.6) is 0 Å². The molecule has 5 heteroatoms. The number of nitrogens with zero attached hydrogens (tertiary/aromatic N) is 3. The molecular weight excluding hydrogens is 389 g/mol. The predicted molar refractivity (Wildman–Crippen MR) is 125 cm³/mol. The Morgan fingerprint density at radius 2 is 1.65 bits per heavy atom. The fraction of sp³-hybridized carbons (Fsp3) is 0.423. The van der Waals surface area contributed by atoms with Crippen molar-refractivity contribution in [3.8, 4) is 0 Å². The molecule has 164 valence electrons. The van der Waals surface area contributed by atoms with E-state index in [-0.39, 0.29) is 5.82 Å². The molecule has 0 aromatic heterocycles. The number of hydrogen-bond acceptors (Lipinski definition) is 4. The highest BCUT2D eigenvalue weighted by Crippen LogP contribution is 2.22. The topological polar surface area (TPSA) is 28.1 Å². The molecule has 0 spiro atoms. The lowest BCUT2D eigenvalue weighted by Crippen LogP contribution is -2.47. The van der Waals surface area contributed by atoms with E-state index in [4.69, 9.17) is 4.84 Å². The molecule has 1 saturated heterocycles. The molecule has 0 atom stereocenters. The molecule has 4 rings (SSSR count). The van der Waals surface area contributed by atoms with Crippen LogP contribution >= 0.6 is 0 Å². The maximum absolute atomic E-state index is 13.3. The Kier molecular flexibility index (Phi) is 7.36. The van der Waals surface area contributed by atoms with Gasteiger partial charge in [-0.2, -0.15) is 0 Å². The largest absolute Gasteiger partial charge is 0.396 e. The molecule has 0 saturated carbocycles. The van der Waals surface area contributed by atoms with E-state index in [1.54, 1.807) is 12.1 Å². The van der Waals surface area contributed by atoms with Gasteiger partial charge in [-0.1, -0.05) is 46.6 Å². The summed E-state index contributed by atoms with van der Waals surface area (Å²) in [5.41, 5.74) is 6.16. The number of para-hydroxylation sites is 1. The monoisotopic (exact) mass is 421 g/mol. The summed E-state index contributed by atoms with van der Waals surface area (Å²) in [6, 6.07) is 17.2. The first kappa shape index (κ1) is 21.6. The second-order valence-electron chi connectivity index (χ2n) is 8.46. The van der Waals surface area contributed by atoms with Gasteiger partial charge in [0.1, 0.15) is 12.4 Å². The minimum Gasteiger partial charge on any atom is -0.396 e. The minimum atomic E-state index is -0.226. The zero-order valence-corrected chi connectivity index (χ0v) is 18.4. The van der Waals surface area contributed by atoms with Crippen molar-refractivity contribution in [2.45, 2.75) is 32.6 Å². The number of rotatable bonds is 4. The molecule has 2 aromatic rings. The van der Waals surface area contributed by atoms with E-state index in [9.17, 15) is 4.39 Å². The average Bonchev–Trinajstić information content (AvgIpc) is 2.81. The fourth-order valence-corrected chi connectivity index (χ4v) is 4.34. The Morgan fingerprint density at radius 3 is 2.39 bits per heavy atom. The van der Waals surface area contributed by atoms with Crippen molar-refractivity contribution in [3.63, 3.8) is 0 Å². The molecule has 1 fully saturated rings. The van der Waals surface area contributed by atoms with Crippen LogP contribution in [-0.4, -0.2) is 49.9 Å². The van der Waals surface area contributed by atoms with E-state index >= 15 is 0 Å². The summed E-state index contributed by atoms with van der Waals surface area (Å²) < 4.78 is 13.3. The third kappa shape index (κ3) is 5.95. The smallest absolute Gasteiger partial charge is 0.123 e. The quantitative estimate of drug-likeness (QED) is 0.631. The summed E-state index contributed by atoms with van der Waals surface area (Å²) in [5.74, 6) is -0.226. The van der Waals surface area contributed by atoms with E-state index in [1.165, 1.54) is 29.0 Å². The van der Waals surface area contributed by atoms with Crippen molar-refractivity contribution in [1.29, 1.82) is 0 Å². The van der Waals surface area contributed by atoms with Crippen LogP contribution in [-0.2, 0) is 4.84 Å². The molecule has 0 radical (unpaired) electrons. The van der Waals surface area contributed by atoms with Crippen LogP contribution in [0.1, 0.15) is 38.2 Å². The Hall–Kier alpha value is -2.66. The van der Waals surface area contributed by atoms with Gasteiger partial charge in [0, 0.05) is 38.4 Å². The van der Waals surface area contributed by atoms with E-state index in [2.05, 4.69) is 52.2 Å². The van der Waals surface area contributed by atoms with Crippen LogP contribution in [0.25, 0.3) is 0 Å². The number of anilines is 1. The van der Waals surface area contributed by atoms with Gasteiger partial charge in [-0.05, 0) is 62.4 Å². The van der Waals surface area contributed by atoms with Gasteiger partial charge in [0.15, 0.2) is 0 Å². The van der Waals surface area contributed by atoms with Gasteiger partial charge in [-0.15, -0.1) is 0 Å². The normalized spacial score (nSPS) is 23.0. The highest BCUT2D eigenvalue weighted by Gasteiger charge is 2.19. The Labute approximate surface area is 185 Å². The maximum Gasteiger partial charge on any atom is 0.123 e. The highest BCUT2D eigenvalue weighted by molar-refractivity contribution is 6.00. The number of piperazine rings is 1. The summed E-state index contributed by atoms with van der Waals surface area (Å²) in [4.78, 5) is 10.7. The number of benzene rings is 2. The molecule has 31 heavy (non-hydrogen) atoms.